The van der Waals surface area contributed by atoms with E-state index < -0.39 is 0 Å². The largest absolute Gasteiger partial charge is 0.398 e. The molecule has 0 saturated heterocycles. The van der Waals surface area contributed by atoms with Crippen molar-refractivity contribution in [3.05, 3.63) is 115 Å². The fourth-order valence-electron chi connectivity index (χ4n) is 5.98. The molecule has 8 aromatic rings. The van der Waals surface area contributed by atoms with Crippen molar-refractivity contribution in [1.82, 2.24) is 0 Å². The molecule has 0 spiro atoms. The predicted octanol–water partition coefficient (Wildman–Crippen LogP) is 9.37. The average molecular weight is 459 g/mol. The van der Waals surface area contributed by atoms with E-state index in [1.54, 1.807) is 0 Å². The Kier molecular flexibility index (Phi) is 3.84. The van der Waals surface area contributed by atoms with Crippen molar-refractivity contribution >= 4 is 81.7 Å². The summed E-state index contributed by atoms with van der Waals surface area (Å²) in [5.74, 6) is 0. The zero-order valence-electron chi connectivity index (χ0n) is 19.5. The lowest BCUT2D eigenvalue weighted by atomic mass is 9.92. The average Bonchev–Trinajstić information content (AvgIpc) is 2.92. The molecule has 0 aliphatic rings. The molecular weight excluding hydrogens is 436 g/mol. The van der Waals surface area contributed by atoms with Crippen molar-refractivity contribution in [2.24, 2.45) is 0 Å². The Morgan fingerprint density at radius 1 is 0.389 bits per heavy atom. The van der Waals surface area contributed by atoms with Crippen LogP contribution in [-0.4, -0.2) is 0 Å². The van der Waals surface area contributed by atoms with E-state index in [-0.39, 0.29) is 0 Å². The van der Waals surface area contributed by atoms with E-state index in [1.165, 1.54) is 59.2 Å². The number of rotatable bonds is 2. The maximum atomic E-state index is 6.37. The van der Waals surface area contributed by atoms with Crippen LogP contribution >= 0.6 is 0 Å². The molecule has 0 radical (unpaired) electrons. The van der Waals surface area contributed by atoms with Gasteiger partial charge in [0.2, 0.25) is 0 Å². The summed E-state index contributed by atoms with van der Waals surface area (Å²) < 4.78 is 0. The molecule has 0 fully saturated rings. The molecule has 0 atom stereocenters. The normalized spacial score (nSPS) is 12.0. The van der Waals surface area contributed by atoms with Gasteiger partial charge in [-0.25, -0.2) is 0 Å². The van der Waals surface area contributed by atoms with Gasteiger partial charge in [0.25, 0.3) is 0 Å². The summed E-state index contributed by atoms with van der Waals surface area (Å²) in [5, 5.41) is 18.6. The molecule has 0 aliphatic carbocycles. The van der Waals surface area contributed by atoms with Gasteiger partial charge in [0.1, 0.15) is 0 Å². The third-order valence-corrected chi connectivity index (χ3v) is 7.69. The standard InChI is InChI=1S/C34H22N2/c35-29-16-12-21-11-15-27-30(17-13-22-10-14-26(29)33(21)34(22)27)36-31-7-3-6-20-8-9-25-18-23-4-1-2-5-24(23)19-28(25)32(20)31/h1-19,36H,35H2. The molecule has 0 bridgehead atoms. The summed E-state index contributed by atoms with van der Waals surface area (Å²) in [5.41, 5.74) is 9.40. The minimum Gasteiger partial charge on any atom is -0.398 e. The van der Waals surface area contributed by atoms with Crippen molar-refractivity contribution in [2.75, 3.05) is 11.1 Å². The number of anilines is 3. The second-order valence-electron chi connectivity index (χ2n) is 9.71. The molecular formula is C34H22N2. The first-order valence-electron chi connectivity index (χ1n) is 12.3. The molecule has 8 rings (SSSR count). The number of nitrogens with two attached hydrogens (primary N) is 1. The van der Waals surface area contributed by atoms with Gasteiger partial charge in [-0.05, 0) is 78.8 Å². The van der Waals surface area contributed by atoms with E-state index in [4.69, 9.17) is 5.73 Å². The van der Waals surface area contributed by atoms with Crippen molar-refractivity contribution < 1.29 is 0 Å². The molecule has 36 heavy (non-hydrogen) atoms. The lowest BCUT2D eigenvalue weighted by Gasteiger charge is -2.17. The van der Waals surface area contributed by atoms with Gasteiger partial charge >= 0.3 is 0 Å². The first-order valence-corrected chi connectivity index (χ1v) is 12.3. The van der Waals surface area contributed by atoms with Crippen molar-refractivity contribution in [1.29, 1.82) is 0 Å². The summed E-state index contributed by atoms with van der Waals surface area (Å²) >= 11 is 0. The summed E-state index contributed by atoms with van der Waals surface area (Å²) in [7, 11) is 0. The van der Waals surface area contributed by atoms with Crippen molar-refractivity contribution in [3.8, 4) is 0 Å². The molecule has 0 aromatic heterocycles. The van der Waals surface area contributed by atoms with Gasteiger partial charge in [0.05, 0.1) is 0 Å². The summed E-state index contributed by atoms with van der Waals surface area (Å²) in [4.78, 5) is 0. The second kappa shape index (κ2) is 7.10. The van der Waals surface area contributed by atoms with Crippen molar-refractivity contribution in [2.45, 2.75) is 0 Å². The third-order valence-electron chi connectivity index (χ3n) is 7.69. The molecule has 8 aromatic carbocycles. The highest BCUT2D eigenvalue weighted by Gasteiger charge is 2.14. The summed E-state index contributed by atoms with van der Waals surface area (Å²) in [6.07, 6.45) is 0. The number of hydrogen-bond donors (Lipinski definition) is 2. The lowest BCUT2D eigenvalue weighted by molar-refractivity contribution is 1.63. The van der Waals surface area contributed by atoms with Crippen LogP contribution in [0.2, 0.25) is 0 Å². The van der Waals surface area contributed by atoms with Crippen LogP contribution in [0.1, 0.15) is 0 Å². The van der Waals surface area contributed by atoms with Gasteiger partial charge in [-0.2, -0.15) is 0 Å². The molecule has 2 nitrogen and oxygen atoms in total. The highest BCUT2D eigenvalue weighted by Crippen LogP contribution is 2.41. The van der Waals surface area contributed by atoms with Crippen LogP contribution in [0.25, 0.3) is 64.6 Å². The maximum absolute atomic E-state index is 6.37. The zero-order chi connectivity index (χ0) is 23.8. The molecule has 0 amide bonds. The molecule has 168 valence electrons. The summed E-state index contributed by atoms with van der Waals surface area (Å²) in [6, 6.07) is 41.5. The Balaban J connectivity index is 1.40. The molecule has 0 heterocycles. The van der Waals surface area contributed by atoms with Gasteiger partial charge in [0, 0.05) is 33.2 Å². The van der Waals surface area contributed by atoms with E-state index in [1.807, 2.05) is 6.07 Å². The Morgan fingerprint density at radius 2 is 1.00 bits per heavy atom. The van der Waals surface area contributed by atoms with Crippen molar-refractivity contribution in [3.63, 3.8) is 0 Å². The zero-order valence-corrected chi connectivity index (χ0v) is 19.5. The van der Waals surface area contributed by atoms with Crippen LogP contribution in [-0.2, 0) is 0 Å². The van der Waals surface area contributed by atoms with Gasteiger partial charge in [-0.1, -0.05) is 84.9 Å². The minimum absolute atomic E-state index is 0.822. The second-order valence-corrected chi connectivity index (χ2v) is 9.71. The van der Waals surface area contributed by atoms with Gasteiger partial charge in [-0.15, -0.1) is 0 Å². The van der Waals surface area contributed by atoms with Crippen LogP contribution in [0.5, 0.6) is 0 Å². The maximum Gasteiger partial charge on any atom is 0.0470 e. The van der Waals surface area contributed by atoms with E-state index in [2.05, 4.69) is 115 Å². The molecule has 0 saturated carbocycles. The number of nitrogen functional groups attached to an aromatic ring is 1. The monoisotopic (exact) mass is 458 g/mol. The first kappa shape index (κ1) is 19.5. The smallest absolute Gasteiger partial charge is 0.0470 e. The van der Waals surface area contributed by atoms with Gasteiger partial charge < -0.3 is 11.1 Å². The Labute approximate surface area is 207 Å². The van der Waals surface area contributed by atoms with E-state index in [0.717, 1.165) is 22.4 Å². The third kappa shape index (κ3) is 2.67. The Morgan fingerprint density at radius 3 is 1.86 bits per heavy atom. The number of nitrogens with one attached hydrogen (secondary N) is 1. The SMILES string of the molecule is Nc1ccc2ccc3c(Nc4cccc5ccc6cc7ccccc7cc6c45)ccc4ccc1c2c43. The Bertz CT molecular complexity index is 2140. The molecule has 2 heteroatoms. The highest BCUT2D eigenvalue weighted by molar-refractivity contribution is 6.27. The fourth-order valence-corrected chi connectivity index (χ4v) is 5.98. The van der Waals surface area contributed by atoms with Gasteiger partial charge in [-0.3, -0.25) is 0 Å². The minimum atomic E-state index is 0.822. The van der Waals surface area contributed by atoms with E-state index in [0.29, 0.717) is 0 Å². The van der Waals surface area contributed by atoms with Crippen LogP contribution in [0.15, 0.2) is 115 Å². The van der Waals surface area contributed by atoms with Crippen LogP contribution in [0, 0.1) is 0 Å². The highest BCUT2D eigenvalue weighted by atomic mass is 14.9. The quantitative estimate of drug-likeness (QED) is 0.154. The first-order chi connectivity index (χ1) is 17.7. The number of hydrogen-bond acceptors (Lipinski definition) is 2. The molecule has 0 unspecified atom stereocenters. The van der Waals surface area contributed by atoms with Gasteiger partial charge in [0.15, 0.2) is 0 Å². The number of fused-ring (bicyclic) bond motifs is 4. The fraction of sp³-hybridized carbons (Fsp3) is 0. The topological polar surface area (TPSA) is 38.0 Å². The lowest BCUT2D eigenvalue weighted by Crippen LogP contribution is -1.95. The molecule has 0 aliphatic heterocycles. The summed E-state index contributed by atoms with van der Waals surface area (Å²) in [6.45, 7) is 0. The Hall–Kier alpha value is -4.82. The predicted molar refractivity (Wildman–Crippen MR) is 157 cm³/mol. The van der Waals surface area contributed by atoms with Crippen LogP contribution in [0.3, 0.4) is 0 Å². The molecule has 3 N–H and O–H groups in total. The van der Waals surface area contributed by atoms with Crippen LogP contribution in [0.4, 0.5) is 17.1 Å². The number of benzene rings is 8. The van der Waals surface area contributed by atoms with Crippen LogP contribution < -0.4 is 11.1 Å². The van der Waals surface area contributed by atoms with E-state index in [9.17, 15) is 0 Å². The van der Waals surface area contributed by atoms with E-state index >= 15 is 0 Å².